The lowest BCUT2D eigenvalue weighted by atomic mass is 9.94. The second-order valence-electron chi connectivity index (χ2n) is 7.90. The minimum atomic E-state index is -0.417. The fourth-order valence-electron chi connectivity index (χ4n) is 3.67. The Morgan fingerprint density at radius 1 is 1.17 bits per heavy atom. The monoisotopic (exact) mass is 342 g/mol. The average Bonchev–Trinajstić information content (AvgIpc) is 2.51. The van der Waals surface area contributed by atoms with Crippen LogP contribution in [0.25, 0.3) is 0 Å². The molecule has 0 aromatic rings. The Morgan fingerprint density at radius 3 is 2.57 bits per heavy atom. The van der Waals surface area contributed by atoms with Gasteiger partial charge in [-0.2, -0.15) is 11.8 Å². The molecule has 1 heterocycles. The minimum absolute atomic E-state index is 0.144. The second kappa shape index (κ2) is 8.61. The number of ether oxygens (including phenoxy) is 1. The first-order valence-electron chi connectivity index (χ1n) is 9.16. The molecule has 134 valence electrons. The summed E-state index contributed by atoms with van der Waals surface area (Å²) in [6.07, 6.45) is 10.7. The van der Waals surface area contributed by atoms with Crippen LogP contribution in [0.4, 0.5) is 4.79 Å². The van der Waals surface area contributed by atoms with Crippen LogP contribution in [-0.4, -0.2) is 53.3 Å². The number of piperidine rings is 1. The summed E-state index contributed by atoms with van der Waals surface area (Å²) < 4.78 is 5.60. The Kier molecular flexibility index (Phi) is 7.08. The zero-order valence-corrected chi connectivity index (χ0v) is 16.1. The lowest BCUT2D eigenvalue weighted by Gasteiger charge is -2.39. The summed E-state index contributed by atoms with van der Waals surface area (Å²) in [5.74, 6) is 0. The van der Waals surface area contributed by atoms with Crippen LogP contribution in [0.5, 0.6) is 0 Å². The van der Waals surface area contributed by atoms with Gasteiger partial charge >= 0.3 is 6.09 Å². The zero-order valence-electron chi connectivity index (χ0n) is 15.3. The van der Waals surface area contributed by atoms with E-state index in [-0.39, 0.29) is 12.1 Å². The van der Waals surface area contributed by atoms with Gasteiger partial charge in [-0.25, -0.2) is 4.79 Å². The van der Waals surface area contributed by atoms with Crippen molar-refractivity contribution in [1.29, 1.82) is 0 Å². The summed E-state index contributed by atoms with van der Waals surface area (Å²) >= 11 is 1.99. The molecule has 2 fully saturated rings. The molecule has 4 nitrogen and oxygen atoms in total. The van der Waals surface area contributed by atoms with E-state index in [4.69, 9.17) is 4.74 Å². The molecule has 2 rings (SSSR count). The molecule has 0 radical (unpaired) electrons. The van der Waals surface area contributed by atoms with Gasteiger partial charge in [0.05, 0.1) is 0 Å². The van der Waals surface area contributed by atoms with Gasteiger partial charge in [-0.3, -0.25) is 0 Å². The molecule has 1 saturated carbocycles. The number of hydrogen-bond donors (Lipinski definition) is 1. The summed E-state index contributed by atoms with van der Waals surface area (Å²) in [7, 11) is 0. The van der Waals surface area contributed by atoms with E-state index in [2.05, 4.69) is 11.6 Å². The Bertz CT molecular complexity index is 384. The summed E-state index contributed by atoms with van der Waals surface area (Å²) in [4.78, 5) is 14.4. The number of carbonyl (C=O) groups is 1. The van der Waals surface area contributed by atoms with Gasteiger partial charge in [0.1, 0.15) is 5.60 Å². The molecule has 1 aliphatic heterocycles. The van der Waals surface area contributed by atoms with E-state index in [0.717, 1.165) is 31.2 Å². The van der Waals surface area contributed by atoms with Gasteiger partial charge in [0.2, 0.25) is 0 Å². The number of nitrogens with one attached hydrogen (secondary N) is 1. The molecule has 3 unspecified atom stereocenters. The van der Waals surface area contributed by atoms with Crippen LogP contribution >= 0.6 is 11.8 Å². The maximum absolute atomic E-state index is 12.5. The summed E-state index contributed by atoms with van der Waals surface area (Å²) in [5, 5.41) is 4.49. The Morgan fingerprint density at radius 2 is 1.87 bits per heavy atom. The van der Waals surface area contributed by atoms with Crippen molar-refractivity contribution in [3.63, 3.8) is 0 Å². The molecule has 5 heteroatoms. The second-order valence-corrected chi connectivity index (χ2v) is 8.97. The van der Waals surface area contributed by atoms with Crippen LogP contribution in [0.1, 0.15) is 65.7 Å². The molecule has 2 aliphatic rings. The third kappa shape index (κ3) is 5.86. The predicted octanol–water partition coefficient (Wildman–Crippen LogP) is 4.04. The van der Waals surface area contributed by atoms with Crippen LogP contribution in [0.15, 0.2) is 0 Å². The van der Waals surface area contributed by atoms with Crippen LogP contribution in [0.2, 0.25) is 0 Å². The van der Waals surface area contributed by atoms with E-state index >= 15 is 0 Å². The first kappa shape index (κ1) is 18.9. The SMILES string of the molecule is CSC1CCCCC1NCC1CCCCN1C(=O)OC(C)(C)C. The average molecular weight is 343 g/mol. The summed E-state index contributed by atoms with van der Waals surface area (Å²) in [6, 6.07) is 0.879. The van der Waals surface area contributed by atoms with Gasteiger partial charge in [-0.05, 0) is 59.1 Å². The molecule has 3 atom stereocenters. The fourth-order valence-corrected chi connectivity index (χ4v) is 4.64. The Hall–Kier alpha value is -0.420. The molecule has 1 amide bonds. The van der Waals surface area contributed by atoms with Crippen LogP contribution in [0.3, 0.4) is 0 Å². The highest BCUT2D eigenvalue weighted by molar-refractivity contribution is 7.99. The number of nitrogens with zero attached hydrogens (tertiary/aromatic N) is 1. The van der Waals surface area contributed by atoms with Gasteiger partial charge < -0.3 is 15.0 Å². The highest BCUT2D eigenvalue weighted by Crippen LogP contribution is 2.28. The molecular weight excluding hydrogens is 308 g/mol. The van der Waals surface area contributed by atoms with Crippen LogP contribution in [-0.2, 0) is 4.74 Å². The van der Waals surface area contributed by atoms with Gasteiger partial charge in [0.15, 0.2) is 0 Å². The molecule has 0 aromatic heterocycles. The number of amides is 1. The van der Waals surface area contributed by atoms with E-state index in [0.29, 0.717) is 6.04 Å². The Balaban J connectivity index is 1.89. The van der Waals surface area contributed by atoms with Gasteiger partial charge in [0.25, 0.3) is 0 Å². The fraction of sp³-hybridized carbons (Fsp3) is 0.944. The quantitative estimate of drug-likeness (QED) is 0.837. The summed E-state index contributed by atoms with van der Waals surface area (Å²) in [5.41, 5.74) is -0.417. The van der Waals surface area contributed by atoms with E-state index in [9.17, 15) is 4.79 Å². The molecule has 1 aliphatic carbocycles. The van der Waals surface area contributed by atoms with Gasteiger partial charge in [-0.15, -0.1) is 0 Å². The molecule has 0 bridgehead atoms. The predicted molar refractivity (Wildman–Crippen MR) is 98.1 cm³/mol. The minimum Gasteiger partial charge on any atom is -0.444 e. The topological polar surface area (TPSA) is 41.6 Å². The first-order chi connectivity index (χ1) is 10.9. The van der Waals surface area contributed by atoms with Crippen molar-refractivity contribution in [2.45, 2.75) is 88.7 Å². The maximum Gasteiger partial charge on any atom is 0.410 e. The lowest BCUT2D eigenvalue weighted by Crippen LogP contribution is -2.52. The number of rotatable bonds is 4. The molecule has 0 aromatic carbocycles. The van der Waals surface area contributed by atoms with E-state index in [1.165, 1.54) is 32.1 Å². The normalized spacial score (nSPS) is 29.4. The van der Waals surface area contributed by atoms with Crippen molar-refractivity contribution in [2.75, 3.05) is 19.3 Å². The zero-order chi connectivity index (χ0) is 16.9. The molecule has 0 spiro atoms. The van der Waals surface area contributed by atoms with Crippen molar-refractivity contribution in [1.82, 2.24) is 10.2 Å². The largest absolute Gasteiger partial charge is 0.444 e. The standard InChI is InChI=1S/C18H34N2O2S/c1-18(2,3)22-17(21)20-12-8-7-9-14(20)13-19-15-10-5-6-11-16(15)23-4/h14-16,19H,5-13H2,1-4H3. The van der Waals surface area contributed by atoms with E-state index < -0.39 is 5.60 Å². The molecule has 1 saturated heterocycles. The third-order valence-corrected chi connectivity index (χ3v) is 6.05. The lowest BCUT2D eigenvalue weighted by molar-refractivity contribution is 0.00955. The van der Waals surface area contributed by atoms with Crippen molar-refractivity contribution in [3.05, 3.63) is 0 Å². The molecular formula is C18H34N2O2S. The number of carbonyl (C=O) groups excluding carboxylic acids is 1. The maximum atomic E-state index is 12.5. The van der Waals surface area contributed by atoms with Crippen molar-refractivity contribution >= 4 is 17.9 Å². The van der Waals surface area contributed by atoms with Gasteiger partial charge in [0, 0.05) is 30.4 Å². The third-order valence-electron chi connectivity index (χ3n) is 4.88. The smallest absolute Gasteiger partial charge is 0.410 e. The van der Waals surface area contributed by atoms with Crippen molar-refractivity contribution in [3.8, 4) is 0 Å². The molecule has 23 heavy (non-hydrogen) atoms. The van der Waals surface area contributed by atoms with E-state index in [1.807, 2.05) is 37.4 Å². The Labute approximate surface area is 146 Å². The van der Waals surface area contributed by atoms with E-state index in [1.54, 1.807) is 0 Å². The number of likely N-dealkylation sites (tertiary alicyclic amines) is 1. The van der Waals surface area contributed by atoms with Gasteiger partial charge in [-0.1, -0.05) is 12.8 Å². The number of hydrogen-bond acceptors (Lipinski definition) is 4. The van der Waals surface area contributed by atoms with Crippen LogP contribution < -0.4 is 5.32 Å². The highest BCUT2D eigenvalue weighted by Gasteiger charge is 2.32. The molecule has 1 N–H and O–H groups in total. The first-order valence-corrected chi connectivity index (χ1v) is 10.5. The summed E-state index contributed by atoms with van der Waals surface area (Å²) in [6.45, 7) is 7.55. The number of thioether (sulfide) groups is 1. The van der Waals surface area contributed by atoms with Crippen LogP contribution in [0, 0.1) is 0 Å². The van der Waals surface area contributed by atoms with Crippen molar-refractivity contribution < 1.29 is 9.53 Å². The highest BCUT2D eigenvalue weighted by atomic mass is 32.2. The van der Waals surface area contributed by atoms with Crippen molar-refractivity contribution in [2.24, 2.45) is 0 Å².